The number of nitrogens with one attached hydrogen (secondary N) is 11. The topological polar surface area (TPSA) is 641 Å². The number of hydrogen-bond donors (Lipinski definition) is 22. The van der Waals surface area contributed by atoms with Crippen LogP contribution in [0.2, 0.25) is 0 Å². The number of fused-ring (bicyclic) bond motifs is 1. The van der Waals surface area contributed by atoms with E-state index in [9.17, 15) is 78.3 Å². The lowest BCUT2D eigenvalue weighted by atomic mass is 9.99. The Hall–Kier alpha value is -9.97. The highest BCUT2D eigenvalue weighted by atomic mass is 32.1. The van der Waals surface area contributed by atoms with Gasteiger partial charge in [0.25, 0.3) is 0 Å². The molecule has 13 amide bonds. The van der Waals surface area contributed by atoms with Gasteiger partial charge in [-0.1, -0.05) is 45.9 Å². The van der Waals surface area contributed by atoms with E-state index in [0.29, 0.717) is 35.7 Å². The van der Waals surface area contributed by atoms with Crippen LogP contribution >= 0.6 is 12.6 Å². The fraction of sp³-hybridized carbons (Fsp3) is 0.652. The van der Waals surface area contributed by atoms with Crippen LogP contribution in [-0.4, -0.2) is 288 Å². The van der Waals surface area contributed by atoms with Crippen molar-refractivity contribution in [1.82, 2.24) is 72.9 Å². The standard InChI is InChI=1S/C69H111N21O19S/c1-33(2)27-43(81-55(96)41(17-10-22-75-68(71)72)79-59(100)46(31-92)84-63(104)53(37(7)94)87-54(95)35(5)78-58(99)45(30-91)83-60(101)48-19-13-25-89(48)65(106)51(70)36(6)93)56(97)82-44(28-38-29-77-40-16-9-8-15-39(38)40)57(98)80-42(18-11-23-76-69(73)74)64(105)88-24-12-21-50(88)62(103)86-52(34(3)4)66(107)90-26-14-20-49(90)61(102)85-47(32-110)67(108)109/h8-9,15-16,29,33-37,41-53,77,91-94,110H,10-14,17-28,30-32,70H2,1-7H3,(H,78,99)(H,79,100)(H,80,98)(H,81,96)(H,82,97)(H,83,101)(H,84,104)(H,85,102)(H,86,103)(H,87,95)(H,108,109)(H4,71,72,75)(H4,73,74,76)/t35-,36+,37+,41-,42-,43-,44-,45-,46-,47-,48-,49-,50-,51-,52-,53-/m0/s1. The Kier molecular flexibility index (Phi) is 35.8. The van der Waals surface area contributed by atoms with E-state index in [1.54, 1.807) is 58.2 Å². The molecule has 110 heavy (non-hydrogen) atoms. The van der Waals surface area contributed by atoms with Gasteiger partial charge in [0, 0.05) is 62.0 Å². The number of rotatable bonds is 42. The van der Waals surface area contributed by atoms with Gasteiger partial charge in [0.15, 0.2) is 11.9 Å². The summed E-state index contributed by atoms with van der Waals surface area (Å²) in [4.78, 5) is 210. The van der Waals surface area contributed by atoms with Gasteiger partial charge in [-0.15, -0.1) is 0 Å². The highest BCUT2D eigenvalue weighted by Gasteiger charge is 2.45. The zero-order valence-electron chi connectivity index (χ0n) is 62.9. The number of aromatic amines is 1. The second kappa shape index (κ2) is 43.4. The fourth-order valence-electron chi connectivity index (χ4n) is 12.9. The van der Waals surface area contributed by atoms with Crippen LogP contribution in [0.5, 0.6) is 0 Å². The number of H-pyrrole nitrogens is 1. The van der Waals surface area contributed by atoms with Crippen molar-refractivity contribution in [1.29, 1.82) is 0 Å². The summed E-state index contributed by atoms with van der Waals surface area (Å²) >= 11 is 4.03. The average molecular weight is 1570 g/mol. The number of aliphatic carboxylic acids is 1. The molecule has 26 N–H and O–H groups in total. The minimum absolute atomic E-state index is 0.000487. The molecule has 3 fully saturated rings. The molecule has 40 nitrogen and oxygen atoms in total. The fourth-order valence-corrected chi connectivity index (χ4v) is 13.2. The molecule has 4 heterocycles. The van der Waals surface area contributed by atoms with E-state index < -0.39 is 199 Å². The maximum Gasteiger partial charge on any atom is 0.327 e. The quantitative estimate of drug-likeness (QED) is 0.0127. The molecule has 0 aliphatic carbocycles. The number of carbonyl (C=O) groups excluding carboxylic acids is 13. The first-order valence-corrected chi connectivity index (χ1v) is 37.4. The molecule has 5 rings (SSSR count). The number of aliphatic hydroxyl groups is 4. The Morgan fingerprint density at radius 1 is 0.518 bits per heavy atom. The van der Waals surface area contributed by atoms with E-state index in [0.717, 1.165) is 18.7 Å². The van der Waals surface area contributed by atoms with Crippen molar-refractivity contribution < 1.29 is 92.7 Å². The molecule has 1 aromatic heterocycles. The third-order valence-corrected chi connectivity index (χ3v) is 19.4. The van der Waals surface area contributed by atoms with Gasteiger partial charge in [0.1, 0.15) is 84.6 Å². The highest BCUT2D eigenvalue weighted by Crippen LogP contribution is 2.26. The molecule has 41 heteroatoms. The number of thiol groups is 1. The lowest BCUT2D eigenvalue weighted by Gasteiger charge is -2.33. The second-order valence-corrected chi connectivity index (χ2v) is 28.8. The Morgan fingerprint density at radius 2 is 0.964 bits per heavy atom. The van der Waals surface area contributed by atoms with Crippen molar-refractivity contribution in [2.24, 2.45) is 50.5 Å². The Bertz CT molecular complexity index is 3630. The van der Waals surface area contributed by atoms with Gasteiger partial charge in [0.05, 0.1) is 25.4 Å². The van der Waals surface area contributed by atoms with Crippen LogP contribution in [0.1, 0.15) is 125 Å². The summed E-state index contributed by atoms with van der Waals surface area (Å²) in [6.45, 7) is 8.47. The van der Waals surface area contributed by atoms with Crippen LogP contribution in [-0.2, 0) is 73.5 Å². The largest absolute Gasteiger partial charge is 0.480 e. The molecule has 3 aliphatic heterocycles. The number of aliphatic imine (C=N–C) groups is 2. The van der Waals surface area contributed by atoms with Crippen LogP contribution in [0.3, 0.4) is 0 Å². The smallest absolute Gasteiger partial charge is 0.327 e. The summed E-state index contributed by atoms with van der Waals surface area (Å²) in [5.41, 5.74) is 29.5. The molecule has 0 unspecified atom stereocenters. The average Bonchev–Trinajstić information content (AvgIpc) is 1.62. The van der Waals surface area contributed by atoms with Gasteiger partial charge >= 0.3 is 5.97 Å². The number of aromatic nitrogens is 1. The summed E-state index contributed by atoms with van der Waals surface area (Å²) in [7, 11) is 0. The van der Waals surface area contributed by atoms with E-state index >= 15 is 14.4 Å². The number of benzene rings is 1. The molecule has 0 saturated carbocycles. The maximum atomic E-state index is 15.2. The monoisotopic (exact) mass is 1570 g/mol. The number of carboxylic acid groups (broad SMARTS) is 1. The molecule has 0 spiro atoms. The molecule has 3 aliphatic rings. The van der Waals surface area contributed by atoms with E-state index in [1.165, 1.54) is 16.7 Å². The molecule has 3 saturated heterocycles. The predicted octanol–water partition coefficient (Wildman–Crippen LogP) is -7.55. The Morgan fingerprint density at radius 3 is 1.47 bits per heavy atom. The number of likely N-dealkylation sites (tertiary alicyclic amines) is 3. The molecule has 612 valence electrons. The van der Waals surface area contributed by atoms with Crippen molar-refractivity contribution in [2.75, 3.05) is 51.7 Å². The van der Waals surface area contributed by atoms with Gasteiger partial charge in [-0.2, -0.15) is 12.6 Å². The summed E-state index contributed by atoms with van der Waals surface area (Å²) < 4.78 is 0. The van der Waals surface area contributed by atoms with E-state index in [-0.39, 0.29) is 114 Å². The Labute approximate surface area is 641 Å². The zero-order valence-corrected chi connectivity index (χ0v) is 63.8. The number of aliphatic hydroxyl groups excluding tert-OH is 4. The Balaban J connectivity index is 1.36. The third-order valence-electron chi connectivity index (χ3n) is 19.0. The lowest BCUT2D eigenvalue weighted by molar-refractivity contribution is -0.146. The minimum Gasteiger partial charge on any atom is -0.480 e. The van der Waals surface area contributed by atoms with Gasteiger partial charge in [-0.05, 0) is 115 Å². The van der Waals surface area contributed by atoms with Gasteiger partial charge in [-0.3, -0.25) is 72.3 Å². The van der Waals surface area contributed by atoms with E-state index in [2.05, 4.69) is 80.8 Å². The van der Waals surface area contributed by atoms with Crippen LogP contribution < -0.4 is 81.8 Å². The van der Waals surface area contributed by atoms with Gasteiger partial charge in [0.2, 0.25) is 76.8 Å². The van der Waals surface area contributed by atoms with Gasteiger partial charge in [-0.25, -0.2) is 4.79 Å². The SMILES string of the molecule is CC(C)C[C@H](NC(=O)[C@H](CCCN=C(N)N)NC(=O)[C@H](CO)NC(=O)[C@@H](NC(=O)[C@H](C)NC(=O)[C@H](CO)NC(=O)[C@@H]1CCCN1C(=O)[C@@H](N)[C@@H](C)O)[C@@H](C)O)C(=O)N[C@@H](Cc1c[nH]c2ccccc12)C(=O)N[C@@H](CCCN=C(N)N)C(=O)N1CCC[C@H]1C(=O)N[C@H](C(=O)N1CCC[C@H]1C(=O)N[C@@H](CS)C(=O)O)C(C)C. The number of para-hydroxylation sites is 1. The third kappa shape index (κ3) is 26.1. The summed E-state index contributed by atoms with van der Waals surface area (Å²) in [5.74, 6) is -14.7. The van der Waals surface area contributed by atoms with Crippen LogP contribution in [0.15, 0.2) is 40.4 Å². The van der Waals surface area contributed by atoms with Crippen molar-refractivity contribution in [2.45, 2.75) is 222 Å². The highest BCUT2D eigenvalue weighted by molar-refractivity contribution is 7.80. The first-order valence-electron chi connectivity index (χ1n) is 36.7. The van der Waals surface area contributed by atoms with Crippen molar-refractivity contribution in [3.05, 3.63) is 36.0 Å². The molecule has 1 aromatic carbocycles. The zero-order chi connectivity index (χ0) is 82.0. The number of nitrogens with two attached hydrogens (primary N) is 5. The number of carboxylic acids is 1. The molecule has 2 aromatic rings. The molecule has 0 radical (unpaired) electrons. The molecular weight excluding hydrogens is 1460 g/mol. The van der Waals surface area contributed by atoms with Crippen molar-refractivity contribution in [3.63, 3.8) is 0 Å². The minimum atomic E-state index is -1.91. The van der Waals surface area contributed by atoms with Gasteiger partial charge < -0.3 is 127 Å². The number of carbonyl (C=O) groups is 14. The van der Waals surface area contributed by atoms with Crippen molar-refractivity contribution in [3.8, 4) is 0 Å². The maximum absolute atomic E-state index is 15.2. The van der Waals surface area contributed by atoms with Crippen molar-refractivity contribution >= 4 is 118 Å². The first-order chi connectivity index (χ1) is 51.9. The number of guanidine groups is 2. The van der Waals surface area contributed by atoms with Crippen LogP contribution in [0.25, 0.3) is 10.9 Å². The van der Waals surface area contributed by atoms with E-state index in [1.807, 2.05) is 0 Å². The summed E-state index contributed by atoms with van der Waals surface area (Å²) in [5, 5.41) is 76.6. The number of nitrogens with zero attached hydrogens (tertiary/aromatic N) is 5. The molecule has 0 bridgehead atoms. The van der Waals surface area contributed by atoms with Crippen LogP contribution in [0, 0.1) is 11.8 Å². The summed E-state index contributed by atoms with van der Waals surface area (Å²) in [6.07, 6.45) is -0.262. The first kappa shape index (κ1) is 90.6. The predicted molar refractivity (Wildman–Crippen MR) is 402 cm³/mol. The molecule has 16 atom stereocenters. The number of amides is 13. The lowest BCUT2D eigenvalue weighted by Crippen LogP contribution is -2.62. The van der Waals surface area contributed by atoms with Crippen LogP contribution in [0.4, 0.5) is 0 Å². The molecular formula is C69H111N21O19S. The summed E-state index contributed by atoms with van der Waals surface area (Å²) in [6, 6.07) is -13.1. The second-order valence-electron chi connectivity index (χ2n) is 28.4. The number of hydrogen-bond acceptors (Lipinski definition) is 22. The van der Waals surface area contributed by atoms with E-state index in [4.69, 9.17) is 28.7 Å². The normalized spacial score (nSPS) is 19.1.